The number of nitrogens with zero attached hydrogens (tertiary/aromatic N) is 1. The van der Waals surface area contributed by atoms with Crippen molar-refractivity contribution in [1.82, 2.24) is 0 Å². The Morgan fingerprint density at radius 1 is 0.905 bits per heavy atom. The van der Waals surface area contributed by atoms with E-state index in [1.807, 2.05) is 6.92 Å². The van der Waals surface area contributed by atoms with Gasteiger partial charge in [0.05, 0.1) is 5.71 Å². The van der Waals surface area contributed by atoms with E-state index in [9.17, 15) is 9.59 Å². The van der Waals surface area contributed by atoms with E-state index in [-0.39, 0.29) is 12.6 Å². The number of carboxylic acid groups (broad SMARTS) is 2. The summed E-state index contributed by atoms with van der Waals surface area (Å²) >= 11 is 0. The average Bonchev–Trinajstić information content (AvgIpc) is 2.27. The van der Waals surface area contributed by atoms with Gasteiger partial charge < -0.3 is 19.8 Å². The molecule has 122 valence electrons. The molecule has 0 aromatic rings. The van der Waals surface area contributed by atoms with Crippen molar-refractivity contribution in [3.05, 3.63) is 0 Å². The van der Waals surface area contributed by atoms with Crippen LogP contribution in [0, 0.1) is 0 Å². The fourth-order valence-electron chi connectivity index (χ4n) is 0.507. The van der Waals surface area contributed by atoms with Gasteiger partial charge in [-0.1, -0.05) is 12.1 Å². The molecule has 21 heavy (non-hydrogen) atoms. The van der Waals surface area contributed by atoms with Crippen LogP contribution in [0.4, 0.5) is 0 Å². The van der Waals surface area contributed by atoms with Gasteiger partial charge in [0.1, 0.15) is 6.61 Å². The van der Waals surface area contributed by atoms with Crippen LogP contribution in [-0.4, -0.2) is 46.4 Å². The normalized spacial score (nSPS) is 9.10. The average molecular weight is 307 g/mol. The van der Waals surface area contributed by atoms with Crippen LogP contribution in [0.15, 0.2) is 5.16 Å². The van der Waals surface area contributed by atoms with Crippen LogP contribution >= 0.6 is 0 Å². The van der Waals surface area contributed by atoms with Gasteiger partial charge in [-0.3, -0.25) is 14.4 Å². The van der Waals surface area contributed by atoms with Gasteiger partial charge in [-0.2, -0.15) is 0 Å². The standard InChI is InChI=1S/C8H13NO4.2C2H4O2/c1-4-8(5-12-6(2)10)9-13-7(3)11;2*1-2(3)4/h4-5H2,1-3H3;2*1H3,(H,3,4). The second-order valence-electron chi connectivity index (χ2n) is 3.41. The van der Waals surface area contributed by atoms with Gasteiger partial charge in [0, 0.05) is 27.7 Å². The largest absolute Gasteiger partial charge is 0.481 e. The summed E-state index contributed by atoms with van der Waals surface area (Å²) in [7, 11) is 0. The van der Waals surface area contributed by atoms with Crippen molar-refractivity contribution in [3.8, 4) is 0 Å². The minimum absolute atomic E-state index is 0.0686. The minimum atomic E-state index is -0.833. The molecule has 0 aliphatic rings. The topological polar surface area (TPSA) is 140 Å². The van der Waals surface area contributed by atoms with E-state index in [0.717, 1.165) is 13.8 Å². The van der Waals surface area contributed by atoms with Crippen molar-refractivity contribution in [2.24, 2.45) is 5.16 Å². The molecule has 0 aliphatic carbocycles. The number of carbonyl (C=O) groups excluding carboxylic acids is 2. The van der Waals surface area contributed by atoms with Crippen molar-refractivity contribution < 1.29 is 39.0 Å². The SMILES string of the molecule is CC(=O)O.CC(=O)O.CCC(COC(C)=O)=NOC(C)=O. The maximum Gasteiger partial charge on any atom is 0.331 e. The van der Waals surface area contributed by atoms with Crippen LogP contribution < -0.4 is 0 Å². The second kappa shape index (κ2) is 15.6. The number of hydrogen-bond acceptors (Lipinski definition) is 7. The molecule has 0 aliphatic heterocycles. The van der Waals surface area contributed by atoms with Crippen LogP contribution in [0.1, 0.15) is 41.0 Å². The van der Waals surface area contributed by atoms with E-state index in [1.165, 1.54) is 13.8 Å². The predicted octanol–water partition coefficient (Wildman–Crippen LogP) is 1.06. The number of oxime groups is 1. The Balaban J connectivity index is -0.000000334. The lowest BCUT2D eigenvalue weighted by Crippen LogP contribution is -2.12. The van der Waals surface area contributed by atoms with Crippen LogP contribution in [0.2, 0.25) is 0 Å². The monoisotopic (exact) mass is 307 g/mol. The molecule has 0 radical (unpaired) electrons. The van der Waals surface area contributed by atoms with Gasteiger partial charge in [0.15, 0.2) is 0 Å². The third-order valence-electron chi connectivity index (χ3n) is 1.15. The molecule has 0 amide bonds. The predicted molar refractivity (Wildman–Crippen MR) is 72.7 cm³/mol. The first kappa shape index (κ1) is 23.6. The third kappa shape index (κ3) is 46.5. The van der Waals surface area contributed by atoms with Gasteiger partial charge in [0.25, 0.3) is 11.9 Å². The smallest absolute Gasteiger partial charge is 0.331 e. The fourth-order valence-corrected chi connectivity index (χ4v) is 0.507. The number of carbonyl (C=O) groups is 4. The first-order valence-electron chi connectivity index (χ1n) is 5.78. The Hall–Kier alpha value is -2.45. The number of hydrogen-bond donors (Lipinski definition) is 2. The summed E-state index contributed by atoms with van der Waals surface area (Å²) in [6.07, 6.45) is 0.570. The van der Waals surface area contributed by atoms with E-state index in [1.54, 1.807) is 0 Å². The molecular weight excluding hydrogens is 286 g/mol. The Morgan fingerprint density at radius 2 is 1.29 bits per heavy atom. The molecule has 0 aromatic carbocycles. The van der Waals surface area contributed by atoms with E-state index < -0.39 is 17.9 Å². The third-order valence-corrected chi connectivity index (χ3v) is 1.15. The van der Waals surface area contributed by atoms with Crippen molar-refractivity contribution >= 4 is 29.6 Å². The lowest BCUT2D eigenvalue weighted by atomic mass is 10.3. The Morgan fingerprint density at radius 3 is 1.52 bits per heavy atom. The molecule has 0 bridgehead atoms. The van der Waals surface area contributed by atoms with E-state index in [4.69, 9.17) is 19.8 Å². The lowest BCUT2D eigenvalue weighted by Gasteiger charge is -2.02. The highest BCUT2D eigenvalue weighted by molar-refractivity contribution is 5.87. The first-order valence-corrected chi connectivity index (χ1v) is 5.78. The highest BCUT2D eigenvalue weighted by atomic mass is 16.7. The molecule has 0 fully saturated rings. The van der Waals surface area contributed by atoms with Crippen LogP contribution in [0.25, 0.3) is 0 Å². The molecule has 0 rings (SSSR count). The first-order chi connectivity index (χ1) is 9.52. The summed E-state index contributed by atoms with van der Waals surface area (Å²) in [5, 5.41) is 18.3. The van der Waals surface area contributed by atoms with Crippen molar-refractivity contribution in [1.29, 1.82) is 0 Å². The molecule has 9 heteroatoms. The highest BCUT2D eigenvalue weighted by Crippen LogP contribution is 1.91. The van der Waals surface area contributed by atoms with Gasteiger partial charge in [-0.05, 0) is 6.42 Å². The number of esters is 1. The molecule has 0 saturated carbocycles. The second-order valence-corrected chi connectivity index (χ2v) is 3.41. The molecular formula is C12H21NO8. The molecule has 0 atom stereocenters. The van der Waals surface area contributed by atoms with E-state index in [2.05, 4.69) is 14.7 Å². The van der Waals surface area contributed by atoms with Gasteiger partial charge in [0.2, 0.25) is 0 Å². The summed E-state index contributed by atoms with van der Waals surface area (Å²) in [5.74, 6) is -2.54. The number of rotatable bonds is 4. The zero-order valence-corrected chi connectivity index (χ0v) is 12.7. The van der Waals surface area contributed by atoms with Crippen molar-refractivity contribution in [2.45, 2.75) is 41.0 Å². The lowest BCUT2D eigenvalue weighted by molar-refractivity contribution is -0.141. The van der Waals surface area contributed by atoms with E-state index in [0.29, 0.717) is 12.1 Å². The molecule has 0 saturated heterocycles. The summed E-state index contributed by atoms with van der Waals surface area (Å²) < 4.78 is 4.67. The Bertz CT molecular complexity index is 355. The Kier molecular flexibility index (Phi) is 17.6. The fraction of sp³-hybridized carbons (Fsp3) is 0.583. The highest BCUT2D eigenvalue weighted by Gasteiger charge is 2.01. The van der Waals surface area contributed by atoms with Crippen LogP contribution in [0.5, 0.6) is 0 Å². The van der Waals surface area contributed by atoms with Gasteiger partial charge >= 0.3 is 11.9 Å². The number of aliphatic carboxylic acids is 2. The maximum absolute atomic E-state index is 10.4. The maximum atomic E-state index is 10.4. The molecule has 0 heterocycles. The van der Waals surface area contributed by atoms with Gasteiger partial charge in [-0.15, -0.1) is 0 Å². The summed E-state index contributed by atoms with van der Waals surface area (Å²) in [5.41, 5.74) is 0.519. The zero-order valence-electron chi connectivity index (χ0n) is 12.7. The Labute approximate surface area is 122 Å². The molecule has 2 N–H and O–H groups in total. The van der Waals surface area contributed by atoms with Crippen LogP contribution in [0.3, 0.4) is 0 Å². The quantitative estimate of drug-likeness (QED) is 0.340. The van der Waals surface area contributed by atoms with E-state index >= 15 is 0 Å². The zero-order chi connectivity index (χ0) is 17.4. The van der Waals surface area contributed by atoms with Gasteiger partial charge in [-0.25, -0.2) is 4.79 Å². The summed E-state index contributed by atoms with van der Waals surface area (Å²) in [4.78, 5) is 43.2. The molecule has 0 unspecified atom stereocenters. The minimum Gasteiger partial charge on any atom is -0.481 e. The van der Waals surface area contributed by atoms with Crippen LogP contribution in [-0.2, 0) is 28.8 Å². The summed E-state index contributed by atoms with van der Waals surface area (Å²) in [6, 6.07) is 0. The molecule has 0 aromatic heterocycles. The molecule has 0 spiro atoms. The molecule has 9 nitrogen and oxygen atoms in total. The van der Waals surface area contributed by atoms with Crippen molar-refractivity contribution in [2.75, 3.05) is 6.61 Å². The summed E-state index contributed by atoms with van der Waals surface area (Å²) in [6.45, 7) is 6.62. The number of ether oxygens (including phenoxy) is 1. The number of carboxylic acids is 2. The van der Waals surface area contributed by atoms with Crippen molar-refractivity contribution in [3.63, 3.8) is 0 Å².